The molecule has 2 aromatic carbocycles. The Morgan fingerprint density at radius 2 is 2.05 bits per heavy atom. The van der Waals surface area contributed by atoms with Crippen molar-refractivity contribution in [2.24, 2.45) is 0 Å². The zero-order valence-corrected chi connectivity index (χ0v) is 11.8. The van der Waals surface area contributed by atoms with E-state index in [-0.39, 0.29) is 5.82 Å². The number of nitrogens with zero attached hydrogens (tertiary/aromatic N) is 1. The maximum atomic E-state index is 13.3. The summed E-state index contributed by atoms with van der Waals surface area (Å²) in [6.07, 6.45) is 0. The fourth-order valence-electron chi connectivity index (χ4n) is 2.11. The standard InChI is InChI=1S/C14H11BrFN3/c1-7-4-8(15)5-12-13(7)19-14(18-12)10-6-9(16)2-3-11(10)17/h2-6H,17H2,1H3,(H,18,19). The number of aromatic amines is 1. The number of nitrogens with one attached hydrogen (secondary N) is 1. The maximum Gasteiger partial charge on any atom is 0.140 e. The molecule has 96 valence electrons. The zero-order valence-electron chi connectivity index (χ0n) is 10.2. The Balaban J connectivity index is 2.26. The van der Waals surface area contributed by atoms with E-state index in [1.165, 1.54) is 12.1 Å². The quantitative estimate of drug-likeness (QED) is 0.665. The van der Waals surface area contributed by atoms with Crippen LogP contribution in [0.5, 0.6) is 0 Å². The highest BCUT2D eigenvalue weighted by molar-refractivity contribution is 9.10. The molecule has 0 bridgehead atoms. The Morgan fingerprint density at radius 1 is 1.26 bits per heavy atom. The minimum Gasteiger partial charge on any atom is -0.398 e. The largest absolute Gasteiger partial charge is 0.398 e. The molecule has 0 atom stereocenters. The van der Waals surface area contributed by atoms with Gasteiger partial charge in [-0.1, -0.05) is 15.9 Å². The number of hydrogen-bond donors (Lipinski definition) is 2. The van der Waals surface area contributed by atoms with Crippen molar-refractivity contribution in [2.45, 2.75) is 6.92 Å². The van der Waals surface area contributed by atoms with E-state index >= 15 is 0 Å². The molecule has 0 aliphatic carbocycles. The highest BCUT2D eigenvalue weighted by Gasteiger charge is 2.11. The lowest BCUT2D eigenvalue weighted by Crippen LogP contribution is -1.92. The summed E-state index contributed by atoms with van der Waals surface area (Å²) in [5.74, 6) is 0.246. The van der Waals surface area contributed by atoms with Crippen LogP contribution in [0.1, 0.15) is 5.56 Å². The van der Waals surface area contributed by atoms with Gasteiger partial charge >= 0.3 is 0 Å². The van der Waals surface area contributed by atoms with Gasteiger partial charge in [-0.2, -0.15) is 0 Å². The maximum absolute atomic E-state index is 13.3. The van der Waals surface area contributed by atoms with Crippen LogP contribution in [-0.2, 0) is 0 Å². The van der Waals surface area contributed by atoms with Crippen molar-refractivity contribution in [2.75, 3.05) is 5.73 Å². The van der Waals surface area contributed by atoms with Gasteiger partial charge in [-0.15, -0.1) is 0 Å². The molecular weight excluding hydrogens is 309 g/mol. The molecule has 3 aromatic rings. The summed E-state index contributed by atoms with van der Waals surface area (Å²) in [4.78, 5) is 7.68. The summed E-state index contributed by atoms with van der Waals surface area (Å²) in [7, 11) is 0. The van der Waals surface area contributed by atoms with Crippen LogP contribution in [0, 0.1) is 12.7 Å². The third-order valence-electron chi connectivity index (χ3n) is 3.01. The second-order valence-corrected chi connectivity index (χ2v) is 5.35. The number of fused-ring (bicyclic) bond motifs is 1. The molecule has 1 aromatic heterocycles. The molecule has 0 unspecified atom stereocenters. The predicted octanol–water partition coefficient (Wildman–Crippen LogP) is 4.02. The molecule has 0 radical (unpaired) electrons. The summed E-state index contributed by atoms with van der Waals surface area (Å²) in [6, 6.07) is 8.19. The molecule has 19 heavy (non-hydrogen) atoms. The first-order chi connectivity index (χ1) is 9.04. The molecule has 5 heteroatoms. The molecular formula is C14H11BrFN3. The van der Waals surface area contributed by atoms with Crippen molar-refractivity contribution in [3.05, 3.63) is 46.2 Å². The normalized spacial score (nSPS) is 11.1. The number of anilines is 1. The number of nitrogen functional groups attached to an aromatic ring is 1. The molecule has 3 N–H and O–H groups in total. The van der Waals surface area contributed by atoms with Crippen LogP contribution in [0.2, 0.25) is 0 Å². The lowest BCUT2D eigenvalue weighted by molar-refractivity contribution is 0.628. The van der Waals surface area contributed by atoms with Crippen molar-refractivity contribution in [1.82, 2.24) is 9.97 Å². The average Bonchev–Trinajstić information content (AvgIpc) is 2.76. The van der Waals surface area contributed by atoms with E-state index in [0.29, 0.717) is 17.1 Å². The molecule has 0 spiro atoms. The van der Waals surface area contributed by atoms with Crippen molar-refractivity contribution in [3.63, 3.8) is 0 Å². The molecule has 0 saturated heterocycles. The SMILES string of the molecule is Cc1cc(Br)cc2[nH]c(-c3cc(F)ccc3N)nc12. The molecule has 0 fully saturated rings. The Bertz CT molecular complexity index is 780. The van der Waals surface area contributed by atoms with Crippen molar-refractivity contribution in [1.29, 1.82) is 0 Å². The van der Waals surface area contributed by atoms with Gasteiger partial charge in [0.15, 0.2) is 0 Å². The molecule has 0 aliphatic heterocycles. The summed E-state index contributed by atoms with van der Waals surface area (Å²) in [6.45, 7) is 1.98. The van der Waals surface area contributed by atoms with Gasteiger partial charge in [0, 0.05) is 15.7 Å². The van der Waals surface area contributed by atoms with Gasteiger partial charge in [-0.05, 0) is 42.8 Å². The molecule has 0 saturated carbocycles. The Kier molecular flexibility index (Phi) is 2.78. The summed E-state index contributed by atoms with van der Waals surface area (Å²) < 4.78 is 14.3. The molecule has 3 rings (SSSR count). The van der Waals surface area contributed by atoms with Crippen LogP contribution in [0.4, 0.5) is 10.1 Å². The van der Waals surface area contributed by atoms with E-state index in [1.807, 2.05) is 19.1 Å². The monoisotopic (exact) mass is 319 g/mol. The van der Waals surface area contributed by atoms with Gasteiger partial charge < -0.3 is 10.7 Å². The first-order valence-corrected chi connectivity index (χ1v) is 6.55. The number of aromatic nitrogens is 2. The Hall–Kier alpha value is -1.88. The first-order valence-electron chi connectivity index (χ1n) is 5.76. The summed E-state index contributed by atoms with van der Waals surface area (Å²) in [5.41, 5.74) is 9.75. The fraction of sp³-hybridized carbons (Fsp3) is 0.0714. The van der Waals surface area contributed by atoms with Crippen LogP contribution in [0.3, 0.4) is 0 Å². The highest BCUT2D eigenvalue weighted by atomic mass is 79.9. The number of rotatable bonds is 1. The number of H-pyrrole nitrogens is 1. The van der Waals surface area contributed by atoms with Crippen LogP contribution in [0.15, 0.2) is 34.8 Å². The van der Waals surface area contributed by atoms with E-state index in [2.05, 4.69) is 25.9 Å². The van der Waals surface area contributed by atoms with Crippen LogP contribution in [0.25, 0.3) is 22.4 Å². The number of halogens is 2. The second kappa shape index (κ2) is 4.35. The van der Waals surface area contributed by atoms with E-state index in [9.17, 15) is 4.39 Å². The van der Waals surface area contributed by atoms with Gasteiger partial charge in [0.25, 0.3) is 0 Å². The third-order valence-corrected chi connectivity index (χ3v) is 3.47. The van der Waals surface area contributed by atoms with Gasteiger partial charge in [0.2, 0.25) is 0 Å². The topological polar surface area (TPSA) is 54.7 Å². The Labute approximate surface area is 117 Å². The lowest BCUT2D eigenvalue weighted by atomic mass is 10.1. The number of aryl methyl sites for hydroxylation is 1. The van der Waals surface area contributed by atoms with E-state index in [1.54, 1.807) is 6.07 Å². The minimum atomic E-state index is -0.331. The van der Waals surface area contributed by atoms with Crippen molar-refractivity contribution >= 4 is 32.7 Å². The zero-order chi connectivity index (χ0) is 13.6. The van der Waals surface area contributed by atoms with Crippen molar-refractivity contribution < 1.29 is 4.39 Å². The van der Waals surface area contributed by atoms with Crippen molar-refractivity contribution in [3.8, 4) is 11.4 Å². The van der Waals surface area contributed by atoms with Gasteiger partial charge in [0.1, 0.15) is 11.6 Å². The fourth-order valence-corrected chi connectivity index (χ4v) is 2.68. The number of benzene rings is 2. The molecule has 3 nitrogen and oxygen atoms in total. The van der Waals surface area contributed by atoms with Gasteiger partial charge in [-0.3, -0.25) is 0 Å². The summed E-state index contributed by atoms with van der Waals surface area (Å²) >= 11 is 3.44. The number of imidazole rings is 1. The highest BCUT2D eigenvalue weighted by Crippen LogP contribution is 2.29. The average molecular weight is 320 g/mol. The second-order valence-electron chi connectivity index (χ2n) is 4.44. The smallest absolute Gasteiger partial charge is 0.140 e. The lowest BCUT2D eigenvalue weighted by Gasteiger charge is -2.01. The first kappa shape index (κ1) is 12.2. The number of nitrogens with two attached hydrogens (primary N) is 1. The summed E-state index contributed by atoms with van der Waals surface area (Å²) in [5, 5.41) is 0. The van der Waals surface area contributed by atoms with E-state index in [4.69, 9.17) is 5.73 Å². The van der Waals surface area contributed by atoms with Crippen LogP contribution < -0.4 is 5.73 Å². The molecule has 0 aliphatic rings. The third kappa shape index (κ3) is 2.10. The Morgan fingerprint density at radius 3 is 2.84 bits per heavy atom. The number of hydrogen-bond acceptors (Lipinski definition) is 2. The molecule has 1 heterocycles. The van der Waals surface area contributed by atoms with E-state index < -0.39 is 0 Å². The van der Waals surface area contributed by atoms with Gasteiger partial charge in [-0.25, -0.2) is 9.37 Å². The van der Waals surface area contributed by atoms with Crippen LogP contribution in [-0.4, -0.2) is 9.97 Å². The molecule has 0 amide bonds. The van der Waals surface area contributed by atoms with E-state index in [0.717, 1.165) is 21.1 Å². The van der Waals surface area contributed by atoms with Gasteiger partial charge in [0.05, 0.1) is 11.0 Å². The predicted molar refractivity (Wildman–Crippen MR) is 78.3 cm³/mol. The van der Waals surface area contributed by atoms with Crippen LogP contribution >= 0.6 is 15.9 Å². The minimum absolute atomic E-state index is 0.331.